The largest absolute Gasteiger partial charge is 0.484 e. The number of nitrogens with zero attached hydrogens (tertiary/aromatic N) is 1. The molecule has 1 N–H and O–H groups in total. The normalized spacial score (nSPS) is 17.1. The van der Waals surface area contributed by atoms with E-state index in [1.54, 1.807) is 0 Å². The van der Waals surface area contributed by atoms with Gasteiger partial charge in [-0.2, -0.15) is 13.2 Å². The molecule has 0 unspecified atom stereocenters. The Morgan fingerprint density at radius 1 is 1.21 bits per heavy atom. The number of ether oxygens (including phenoxy) is 1. The Bertz CT molecular complexity index is 822. The van der Waals surface area contributed by atoms with Crippen LogP contribution < -0.4 is 15.0 Å². The SMILES string of the molecule is C[C@H]1CCCN(c2ccc(CNC(=O)COc3cccc(C(F)(F)F)c3)cc2)C1. The minimum atomic E-state index is -4.44. The minimum Gasteiger partial charge on any atom is -0.484 e. The lowest BCUT2D eigenvalue weighted by molar-refractivity contribution is -0.137. The maximum absolute atomic E-state index is 12.7. The van der Waals surface area contributed by atoms with Crippen LogP contribution in [0.2, 0.25) is 0 Å². The molecule has 2 aromatic rings. The summed E-state index contributed by atoms with van der Waals surface area (Å²) in [5.41, 5.74) is 1.32. The van der Waals surface area contributed by atoms with Gasteiger partial charge in [-0.3, -0.25) is 4.79 Å². The van der Waals surface area contributed by atoms with E-state index in [9.17, 15) is 18.0 Å². The quantitative estimate of drug-likeness (QED) is 0.760. The Morgan fingerprint density at radius 2 is 1.97 bits per heavy atom. The van der Waals surface area contributed by atoms with E-state index in [1.165, 1.54) is 30.7 Å². The highest BCUT2D eigenvalue weighted by atomic mass is 19.4. The molecule has 1 amide bonds. The van der Waals surface area contributed by atoms with Crippen molar-refractivity contribution in [1.82, 2.24) is 5.32 Å². The Morgan fingerprint density at radius 3 is 2.66 bits per heavy atom. The molecule has 1 heterocycles. The molecule has 1 aliphatic rings. The van der Waals surface area contributed by atoms with E-state index in [-0.39, 0.29) is 12.4 Å². The van der Waals surface area contributed by atoms with Gasteiger partial charge < -0.3 is 15.0 Å². The number of hydrogen-bond acceptors (Lipinski definition) is 3. The smallest absolute Gasteiger partial charge is 0.416 e. The first-order valence-electron chi connectivity index (χ1n) is 9.72. The molecule has 156 valence electrons. The van der Waals surface area contributed by atoms with Gasteiger partial charge in [-0.1, -0.05) is 25.1 Å². The molecule has 0 aliphatic carbocycles. The summed E-state index contributed by atoms with van der Waals surface area (Å²) < 4.78 is 43.3. The van der Waals surface area contributed by atoms with Crippen molar-refractivity contribution in [1.29, 1.82) is 0 Å². The Balaban J connectivity index is 1.46. The van der Waals surface area contributed by atoms with Crippen LogP contribution in [0.4, 0.5) is 18.9 Å². The number of rotatable bonds is 6. The van der Waals surface area contributed by atoms with Gasteiger partial charge in [-0.25, -0.2) is 0 Å². The van der Waals surface area contributed by atoms with Gasteiger partial charge in [0.15, 0.2) is 6.61 Å². The van der Waals surface area contributed by atoms with Crippen LogP contribution in [0.15, 0.2) is 48.5 Å². The van der Waals surface area contributed by atoms with E-state index in [4.69, 9.17) is 4.74 Å². The summed E-state index contributed by atoms with van der Waals surface area (Å²) >= 11 is 0. The fourth-order valence-corrected chi connectivity index (χ4v) is 3.41. The molecule has 0 radical (unpaired) electrons. The Labute approximate surface area is 168 Å². The molecule has 0 spiro atoms. The first-order valence-corrected chi connectivity index (χ1v) is 9.72. The maximum Gasteiger partial charge on any atom is 0.416 e. The lowest BCUT2D eigenvalue weighted by Gasteiger charge is -2.32. The highest BCUT2D eigenvalue weighted by Gasteiger charge is 2.30. The number of anilines is 1. The number of amides is 1. The van der Waals surface area contributed by atoms with Gasteiger partial charge in [0.05, 0.1) is 5.56 Å². The topological polar surface area (TPSA) is 41.6 Å². The zero-order valence-electron chi connectivity index (χ0n) is 16.3. The molecule has 0 aromatic heterocycles. The van der Waals surface area contributed by atoms with Crippen molar-refractivity contribution in [2.24, 2.45) is 5.92 Å². The van der Waals surface area contributed by atoms with Crippen LogP contribution in [0.5, 0.6) is 5.75 Å². The van der Waals surface area contributed by atoms with Crippen molar-refractivity contribution in [3.05, 3.63) is 59.7 Å². The second-order valence-corrected chi connectivity index (χ2v) is 7.45. The minimum absolute atomic E-state index is 0.00934. The van der Waals surface area contributed by atoms with E-state index in [1.807, 2.05) is 12.1 Å². The van der Waals surface area contributed by atoms with Crippen molar-refractivity contribution < 1.29 is 22.7 Å². The highest BCUT2D eigenvalue weighted by Crippen LogP contribution is 2.31. The van der Waals surface area contributed by atoms with Crippen LogP contribution in [-0.4, -0.2) is 25.6 Å². The number of alkyl halides is 3. The van der Waals surface area contributed by atoms with Crippen LogP contribution in [0, 0.1) is 5.92 Å². The van der Waals surface area contributed by atoms with Crippen molar-refractivity contribution in [3.8, 4) is 5.75 Å². The van der Waals surface area contributed by atoms with Gasteiger partial charge in [0.25, 0.3) is 5.91 Å². The molecule has 2 aromatic carbocycles. The lowest BCUT2D eigenvalue weighted by Crippen LogP contribution is -2.34. The summed E-state index contributed by atoms with van der Waals surface area (Å²) in [7, 11) is 0. The average Bonchev–Trinajstić information content (AvgIpc) is 2.71. The van der Waals surface area contributed by atoms with Gasteiger partial charge in [-0.05, 0) is 54.7 Å². The summed E-state index contributed by atoms with van der Waals surface area (Å²) in [4.78, 5) is 14.3. The second-order valence-electron chi connectivity index (χ2n) is 7.45. The summed E-state index contributed by atoms with van der Waals surface area (Å²) in [5.74, 6) is 0.311. The Kier molecular flexibility index (Phi) is 6.67. The first kappa shape index (κ1) is 21.0. The molecule has 1 saturated heterocycles. The standard InChI is InChI=1S/C22H25F3N2O2/c1-16-4-3-11-27(14-16)19-9-7-17(8-10-19)13-26-21(28)15-29-20-6-2-5-18(12-20)22(23,24)25/h2,5-10,12,16H,3-4,11,13-15H2,1H3,(H,26,28)/t16-/m0/s1. The number of halogens is 3. The summed E-state index contributed by atoms with van der Waals surface area (Å²) in [6.45, 7) is 4.38. The van der Waals surface area contributed by atoms with Gasteiger partial charge in [0.2, 0.25) is 0 Å². The summed E-state index contributed by atoms with van der Waals surface area (Å²) in [6, 6.07) is 12.5. The van der Waals surface area contributed by atoms with Crippen LogP contribution in [-0.2, 0) is 17.5 Å². The van der Waals surface area contributed by atoms with Crippen LogP contribution in [0.3, 0.4) is 0 Å². The third-order valence-corrected chi connectivity index (χ3v) is 4.98. The van der Waals surface area contributed by atoms with Crippen molar-refractivity contribution in [2.75, 3.05) is 24.6 Å². The van der Waals surface area contributed by atoms with Crippen molar-refractivity contribution in [3.63, 3.8) is 0 Å². The Hall–Kier alpha value is -2.70. The van der Waals surface area contributed by atoms with Crippen molar-refractivity contribution >= 4 is 11.6 Å². The zero-order chi connectivity index (χ0) is 20.9. The molecule has 0 saturated carbocycles. The fraction of sp³-hybridized carbons (Fsp3) is 0.409. The van der Waals surface area contributed by atoms with E-state index in [0.717, 1.165) is 30.8 Å². The number of hydrogen-bond donors (Lipinski definition) is 1. The van der Waals surface area contributed by atoms with Gasteiger partial charge in [-0.15, -0.1) is 0 Å². The molecule has 7 heteroatoms. The predicted molar refractivity (Wildman–Crippen MR) is 106 cm³/mol. The predicted octanol–water partition coefficient (Wildman–Crippen LogP) is 4.64. The highest BCUT2D eigenvalue weighted by molar-refractivity contribution is 5.77. The van der Waals surface area contributed by atoms with Crippen LogP contribution in [0.25, 0.3) is 0 Å². The lowest BCUT2D eigenvalue weighted by atomic mass is 9.99. The number of benzene rings is 2. The second kappa shape index (κ2) is 9.20. The molecule has 3 rings (SSSR count). The van der Waals surface area contributed by atoms with E-state index in [0.29, 0.717) is 12.5 Å². The first-order chi connectivity index (χ1) is 13.8. The molecule has 0 bridgehead atoms. The molecule has 1 atom stereocenters. The monoisotopic (exact) mass is 406 g/mol. The van der Waals surface area contributed by atoms with Gasteiger partial charge in [0.1, 0.15) is 5.75 Å². The van der Waals surface area contributed by atoms with Crippen LogP contribution in [0.1, 0.15) is 30.9 Å². The molecular formula is C22H25F3N2O2. The zero-order valence-corrected chi connectivity index (χ0v) is 16.3. The average molecular weight is 406 g/mol. The number of carbonyl (C=O) groups excluding carboxylic acids is 1. The number of piperidine rings is 1. The fourth-order valence-electron chi connectivity index (χ4n) is 3.41. The maximum atomic E-state index is 12.7. The molecular weight excluding hydrogens is 381 g/mol. The third kappa shape index (κ3) is 6.14. The van der Waals surface area contributed by atoms with Gasteiger partial charge in [0, 0.05) is 25.3 Å². The van der Waals surface area contributed by atoms with Crippen molar-refractivity contribution in [2.45, 2.75) is 32.5 Å². The van der Waals surface area contributed by atoms with E-state index >= 15 is 0 Å². The van der Waals surface area contributed by atoms with Gasteiger partial charge >= 0.3 is 6.18 Å². The van der Waals surface area contributed by atoms with E-state index < -0.39 is 17.6 Å². The molecule has 29 heavy (non-hydrogen) atoms. The third-order valence-electron chi connectivity index (χ3n) is 4.98. The molecule has 1 fully saturated rings. The number of carbonyl (C=O) groups is 1. The molecule has 1 aliphatic heterocycles. The summed E-state index contributed by atoms with van der Waals surface area (Å²) in [5, 5.41) is 2.72. The van der Waals surface area contributed by atoms with E-state index in [2.05, 4.69) is 29.3 Å². The summed E-state index contributed by atoms with van der Waals surface area (Å²) in [6.07, 6.45) is -1.98. The molecule has 4 nitrogen and oxygen atoms in total. The van der Waals surface area contributed by atoms with Crippen LogP contribution >= 0.6 is 0 Å². The number of nitrogens with one attached hydrogen (secondary N) is 1.